The van der Waals surface area contributed by atoms with Crippen molar-refractivity contribution in [1.82, 2.24) is 14.7 Å². The lowest BCUT2D eigenvalue weighted by Crippen LogP contribution is -2.42. The Labute approximate surface area is 164 Å². The molecule has 0 saturated carbocycles. The number of Topliss-reactive ketones (excluding diaryl/α,β-unsaturated/α-hetero) is 1. The minimum atomic E-state index is -0.268. The maximum atomic E-state index is 13.0. The fourth-order valence-corrected chi connectivity index (χ4v) is 3.46. The van der Waals surface area contributed by atoms with Crippen LogP contribution in [0, 0.1) is 5.92 Å². The van der Waals surface area contributed by atoms with Gasteiger partial charge < -0.3 is 20.1 Å². The molecule has 1 saturated heterocycles. The van der Waals surface area contributed by atoms with Gasteiger partial charge in [-0.05, 0) is 37.1 Å². The molecule has 2 aromatic rings. The summed E-state index contributed by atoms with van der Waals surface area (Å²) in [7, 11) is 3.17. The van der Waals surface area contributed by atoms with Crippen LogP contribution in [0.25, 0.3) is 5.69 Å². The number of aromatic nitrogens is 2. The molecule has 150 valence electrons. The highest BCUT2D eigenvalue weighted by Gasteiger charge is 2.31. The van der Waals surface area contributed by atoms with Crippen LogP contribution in [0.2, 0.25) is 0 Å². The summed E-state index contributed by atoms with van der Waals surface area (Å²) < 4.78 is 11.7. The summed E-state index contributed by atoms with van der Waals surface area (Å²) in [6.45, 7) is 1.47. The van der Waals surface area contributed by atoms with Crippen LogP contribution in [0.4, 0.5) is 5.82 Å². The minimum Gasteiger partial charge on any atom is -0.497 e. The van der Waals surface area contributed by atoms with E-state index in [0.29, 0.717) is 37.5 Å². The highest BCUT2D eigenvalue weighted by molar-refractivity contribution is 6.02. The Morgan fingerprint density at radius 3 is 2.68 bits per heavy atom. The number of amides is 1. The Balaban J connectivity index is 1.73. The van der Waals surface area contributed by atoms with Gasteiger partial charge in [0.25, 0.3) is 0 Å². The first-order chi connectivity index (χ1) is 13.5. The van der Waals surface area contributed by atoms with E-state index in [2.05, 4.69) is 5.10 Å². The maximum absolute atomic E-state index is 13.0. The number of benzene rings is 1. The van der Waals surface area contributed by atoms with Crippen molar-refractivity contribution in [2.24, 2.45) is 5.92 Å². The number of piperidine rings is 1. The molecule has 1 amide bonds. The lowest BCUT2D eigenvalue weighted by Gasteiger charge is -2.32. The predicted molar refractivity (Wildman–Crippen MR) is 105 cm³/mol. The van der Waals surface area contributed by atoms with E-state index in [1.807, 2.05) is 24.3 Å². The van der Waals surface area contributed by atoms with Crippen molar-refractivity contribution in [1.29, 1.82) is 0 Å². The molecule has 2 N–H and O–H groups in total. The summed E-state index contributed by atoms with van der Waals surface area (Å²) in [5.41, 5.74) is 7.37. The molecule has 0 radical (unpaired) electrons. The molecule has 3 rings (SSSR count). The van der Waals surface area contributed by atoms with Crippen molar-refractivity contribution in [3.05, 3.63) is 36.0 Å². The number of hydrogen-bond acceptors (Lipinski definition) is 6. The van der Waals surface area contributed by atoms with Crippen molar-refractivity contribution in [2.45, 2.75) is 19.3 Å². The van der Waals surface area contributed by atoms with Crippen LogP contribution in [-0.4, -0.2) is 60.3 Å². The number of anilines is 1. The number of carbonyl (C=O) groups is 2. The van der Waals surface area contributed by atoms with Gasteiger partial charge in [0.05, 0.1) is 37.6 Å². The van der Waals surface area contributed by atoms with Gasteiger partial charge in [-0.3, -0.25) is 9.59 Å². The van der Waals surface area contributed by atoms with E-state index in [4.69, 9.17) is 15.2 Å². The average Bonchev–Trinajstić information content (AvgIpc) is 3.12. The minimum absolute atomic E-state index is 0.0150. The van der Waals surface area contributed by atoms with E-state index in [1.54, 1.807) is 19.1 Å². The van der Waals surface area contributed by atoms with Gasteiger partial charge in [-0.1, -0.05) is 0 Å². The lowest BCUT2D eigenvalue weighted by atomic mass is 9.90. The summed E-state index contributed by atoms with van der Waals surface area (Å²) >= 11 is 0. The van der Waals surface area contributed by atoms with Crippen molar-refractivity contribution in [3.8, 4) is 11.4 Å². The lowest BCUT2D eigenvalue weighted by molar-refractivity contribution is -0.133. The molecule has 1 aromatic heterocycles. The first-order valence-electron chi connectivity index (χ1n) is 9.34. The Hall–Kier alpha value is -2.87. The fourth-order valence-electron chi connectivity index (χ4n) is 3.46. The van der Waals surface area contributed by atoms with E-state index in [-0.39, 0.29) is 17.6 Å². The molecular formula is C20H26N4O4. The van der Waals surface area contributed by atoms with Gasteiger partial charge >= 0.3 is 0 Å². The van der Waals surface area contributed by atoms with E-state index in [9.17, 15) is 9.59 Å². The second-order valence-electron chi connectivity index (χ2n) is 6.84. The summed E-state index contributed by atoms with van der Waals surface area (Å²) in [5, 5.41) is 4.28. The number of hydrogen-bond donors (Lipinski definition) is 1. The van der Waals surface area contributed by atoms with Gasteiger partial charge in [-0.15, -0.1) is 0 Å². The number of nitrogens with two attached hydrogens (primary N) is 1. The number of methoxy groups -OCH3 is 2. The predicted octanol–water partition coefficient (Wildman–Crippen LogP) is 1.92. The van der Waals surface area contributed by atoms with Crippen LogP contribution in [0.5, 0.6) is 5.75 Å². The first kappa shape index (κ1) is 19.9. The highest BCUT2D eigenvalue weighted by Crippen LogP contribution is 2.26. The molecule has 0 spiro atoms. The van der Waals surface area contributed by atoms with Crippen molar-refractivity contribution < 1.29 is 19.1 Å². The number of rotatable bonds is 7. The molecule has 1 aliphatic rings. The zero-order valence-corrected chi connectivity index (χ0v) is 16.3. The van der Waals surface area contributed by atoms with Crippen LogP contribution in [0.15, 0.2) is 30.5 Å². The van der Waals surface area contributed by atoms with E-state index < -0.39 is 0 Å². The van der Waals surface area contributed by atoms with Crippen molar-refractivity contribution in [3.63, 3.8) is 0 Å². The number of ketones is 1. The Morgan fingerprint density at radius 2 is 2.00 bits per heavy atom. The van der Waals surface area contributed by atoms with Crippen LogP contribution >= 0.6 is 0 Å². The van der Waals surface area contributed by atoms with Gasteiger partial charge in [-0.25, -0.2) is 4.68 Å². The van der Waals surface area contributed by atoms with Crippen molar-refractivity contribution in [2.75, 3.05) is 39.6 Å². The number of carbonyl (C=O) groups excluding carboxylic acids is 2. The van der Waals surface area contributed by atoms with Gasteiger partial charge in [0.2, 0.25) is 5.91 Å². The third-order valence-corrected chi connectivity index (χ3v) is 5.05. The van der Waals surface area contributed by atoms with Crippen LogP contribution in [-0.2, 0) is 9.53 Å². The van der Waals surface area contributed by atoms with Crippen LogP contribution < -0.4 is 10.5 Å². The topological polar surface area (TPSA) is 99.7 Å². The van der Waals surface area contributed by atoms with Gasteiger partial charge in [-0.2, -0.15) is 5.10 Å². The summed E-state index contributed by atoms with van der Waals surface area (Å²) in [6, 6.07) is 7.27. The molecule has 0 bridgehead atoms. The summed E-state index contributed by atoms with van der Waals surface area (Å²) in [6.07, 6.45) is 3.37. The molecule has 8 heteroatoms. The first-order valence-corrected chi connectivity index (χ1v) is 9.34. The Morgan fingerprint density at radius 1 is 1.25 bits per heavy atom. The third-order valence-electron chi connectivity index (χ3n) is 5.05. The molecule has 1 fully saturated rings. The molecule has 1 aliphatic heterocycles. The van der Waals surface area contributed by atoms with E-state index >= 15 is 0 Å². The second-order valence-corrected chi connectivity index (χ2v) is 6.84. The third kappa shape index (κ3) is 4.17. The maximum Gasteiger partial charge on any atom is 0.224 e. The monoisotopic (exact) mass is 386 g/mol. The van der Waals surface area contributed by atoms with Crippen LogP contribution in [0.1, 0.15) is 29.6 Å². The largest absolute Gasteiger partial charge is 0.497 e. The average molecular weight is 386 g/mol. The zero-order valence-electron chi connectivity index (χ0n) is 16.3. The smallest absolute Gasteiger partial charge is 0.224 e. The highest BCUT2D eigenvalue weighted by atomic mass is 16.5. The SMILES string of the molecule is COCCC(=O)N1CCCC(C(=O)c2cnn(-c3ccc(OC)cc3)c2N)C1. The number of ether oxygens (including phenoxy) is 2. The molecule has 2 heterocycles. The normalized spacial score (nSPS) is 16.8. The van der Waals surface area contributed by atoms with Gasteiger partial charge in [0.15, 0.2) is 5.78 Å². The standard InChI is InChI=1S/C20H26N4O4/c1-27-11-9-18(25)23-10-3-4-14(13-23)19(26)17-12-22-24(20(17)21)15-5-7-16(28-2)8-6-15/h5-8,12,14H,3-4,9-11,13,21H2,1-2H3. The summed E-state index contributed by atoms with van der Waals surface area (Å²) in [4.78, 5) is 27.0. The second kappa shape index (κ2) is 8.88. The van der Waals surface area contributed by atoms with E-state index in [0.717, 1.165) is 24.3 Å². The Bertz CT molecular complexity index is 831. The number of nitrogen functional groups attached to an aromatic ring is 1. The van der Waals surface area contributed by atoms with Crippen LogP contribution in [0.3, 0.4) is 0 Å². The Kier molecular flexibility index (Phi) is 6.30. The van der Waals surface area contributed by atoms with Gasteiger partial charge in [0, 0.05) is 26.1 Å². The molecule has 8 nitrogen and oxygen atoms in total. The number of likely N-dealkylation sites (tertiary alicyclic amines) is 1. The van der Waals surface area contributed by atoms with Crippen molar-refractivity contribution >= 4 is 17.5 Å². The fraction of sp³-hybridized carbons (Fsp3) is 0.450. The summed E-state index contributed by atoms with van der Waals surface area (Å²) in [5.74, 6) is 0.711. The van der Waals surface area contributed by atoms with E-state index in [1.165, 1.54) is 10.9 Å². The molecular weight excluding hydrogens is 360 g/mol. The molecule has 28 heavy (non-hydrogen) atoms. The molecule has 0 aliphatic carbocycles. The zero-order chi connectivity index (χ0) is 20.1. The molecule has 1 unspecified atom stereocenters. The quantitative estimate of drug-likeness (QED) is 0.730. The molecule has 1 aromatic carbocycles. The number of nitrogens with zero attached hydrogens (tertiary/aromatic N) is 3. The van der Waals surface area contributed by atoms with Gasteiger partial charge in [0.1, 0.15) is 11.6 Å². The molecule has 1 atom stereocenters.